The number of hydrogen-bond acceptors (Lipinski definition) is 5. The van der Waals surface area contributed by atoms with E-state index >= 15 is 0 Å². The first-order valence-electron chi connectivity index (χ1n) is 10.1. The summed E-state index contributed by atoms with van der Waals surface area (Å²) >= 11 is 0. The second-order valence-corrected chi connectivity index (χ2v) is 7.52. The van der Waals surface area contributed by atoms with Crippen LogP contribution in [0.5, 0.6) is 0 Å². The highest BCUT2D eigenvalue weighted by molar-refractivity contribution is 5.89. The first kappa shape index (κ1) is 17.9. The van der Waals surface area contributed by atoms with Crippen molar-refractivity contribution in [1.82, 2.24) is 19.9 Å². The summed E-state index contributed by atoms with van der Waals surface area (Å²) in [6.45, 7) is 4.20. The molecule has 0 unspecified atom stereocenters. The number of urea groups is 1. The fourth-order valence-corrected chi connectivity index (χ4v) is 4.10. The minimum Gasteiger partial charge on any atom is -0.371 e. The number of morpholine rings is 1. The summed E-state index contributed by atoms with van der Waals surface area (Å²) in [4.78, 5) is 18.9. The van der Waals surface area contributed by atoms with Gasteiger partial charge in [0, 0.05) is 37.1 Å². The molecule has 0 spiro atoms. The van der Waals surface area contributed by atoms with Crippen molar-refractivity contribution in [3.63, 3.8) is 0 Å². The zero-order chi connectivity index (χ0) is 19.8. The van der Waals surface area contributed by atoms with Crippen molar-refractivity contribution in [1.29, 1.82) is 0 Å². The summed E-state index contributed by atoms with van der Waals surface area (Å²) in [6, 6.07) is 11.4. The number of carbonyl (C=O) groups is 1. The van der Waals surface area contributed by atoms with Crippen LogP contribution in [0.4, 0.5) is 16.3 Å². The second kappa shape index (κ2) is 7.36. The lowest BCUT2D eigenvalue weighted by Gasteiger charge is -2.33. The van der Waals surface area contributed by atoms with Crippen molar-refractivity contribution in [3.8, 4) is 11.4 Å². The Kier molecular flexibility index (Phi) is 4.55. The Hall–Kier alpha value is -3.13. The number of fused-ring (bicyclic) bond motifs is 3. The molecule has 2 aliphatic rings. The van der Waals surface area contributed by atoms with E-state index in [4.69, 9.17) is 9.72 Å². The van der Waals surface area contributed by atoms with Crippen LogP contribution in [0.1, 0.15) is 19.8 Å². The van der Waals surface area contributed by atoms with E-state index < -0.39 is 0 Å². The van der Waals surface area contributed by atoms with Gasteiger partial charge in [0.25, 0.3) is 0 Å². The van der Waals surface area contributed by atoms with Gasteiger partial charge in [-0.1, -0.05) is 0 Å². The summed E-state index contributed by atoms with van der Waals surface area (Å²) < 4.78 is 7.87. The van der Waals surface area contributed by atoms with Gasteiger partial charge in [-0.05, 0) is 56.2 Å². The van der Waals surface area contributed by atoms with E-state index in [1.54, 1.807) is 0 Å². The lowest BCUT2D eigenvalue weighted by Crippen LogP contribution is -2.43. The van der Waals surface area contributed by atoms with Crippen LogP contribution < -0.4 is 15.5 Å². The maximum atomic E-state index is 11.7. The fourth-order valence-electron chi connectivity index (χ4n) is 4.10. The van der Waals surface area contributed by atoms with Crippen LogP contribution in [-0.2, 0) is 4.74 Å². The molecule has 2 aromatic heterocycles. The van der Waals surface area contributed by atoms with Gasteiger partial charge in [0.05, 0.1) is 12.2 Å². The molecule has 150 valence electrons. The van der Waals surface area contributed by atoms with Crippen molar-refractivity contribution in [2.45, 2.75) is 32.0 Å². The fraction of sp³-hybridized carbons (Fsp3) is 0.381. The van der Waals surface area contributed by atoms with E-state index in [1.165, 1.54) is 0 Å². The van der Waals surface area contributed by atoms with Crippen LogP contribution >= 0.6 is 0 Å². The highest BCUT2D eigenvalue weighted by atomic mass is 16.5. The largest absolute Gasteiger partial charge is 0.371 e. The third-order valence-electron chi connectivity index (χ3n) is 5.45. The molecule has 2 N–H and O–H groups in total. The highest BCUT2D eigenvalue weighted by Gasteiger charge is 2.35. The summed E-state index contributed by atoms with van der Waals surface area (Å²) in [5, 5.41) is 10.2. The van der Waals surface area contributed by atoms with E-state index in [0.717, 1.165) is 48.5 Å². The van der Waals surface area contributed by atoms with E-state index in [1.807, 2.05) is 48.0 Å². The molecule has 2 aliphatic heterocycles. The lowest BCUT2D eigenvalue weighted by atomic mass is 10.2. The number of amides is 2. The monoisotopic (exact) mass is 392 g/mol. The Balaban J connectivity index is 1.45. The van der Waals surface area contributed by atoms with Crippen LogP contribution in [0.15, 0.2) is 42.6 Å². The Morgan fingerprint density at radius 1 is 1.17 bits per heavy atom. The van der Waals surface area contributed by atoms with E-state index in [0.29, 0.717) is 24.6 Å². The lowest BCUT2D eigenvalue weighted by molar-refractivity contribution is 0.0303. The number of nitrogens with zero attached hydrogens (tertiary/aromatic N) is 4. The van der Waals surface area contributed by atoms with Crippen LogP contribution in [0.2, 0.25) is 0 Å². The normalized spacial score (nSPS) is 20.8. The third-order valence-corrected chi connectivity index (χ3v) is 5.45. The van der Waals surface area contributed by atoms with Crippen molar-refractivity contribution < 1.29 is 9.53 Å². The minimum absolute atomic E-state index is 0.213. The molecular weight excluding hydrogens is 368 g/mol. The molecule has 4 heterocycles. The van der Waals surface area contributed by atoms with Gasteiger partial charge in [-0.15, -0.1) is 5.10 Å². The van der Waals surface area contributed by atoms with E-state index in [-0.39, 0.29) is 6.03 Å². The van der Waals surface area contributed by atoms with Gasteiger partial charge in [0.2, 0.25) is 0 Å². The van der Waals surface area contributed by atoms with Gasteiger partial charge in [-0.25, -0.2) is 14.3 Å². The molecule has 2 saturated heterocycles. The highest BCUT2D eigenvalue weighted by Crippen LogP contribution is 2.32. The summed E-state index contributed by atoms with van der Waals surface area (Å²) in [6.07, 6.45) is 4.78. The molecule has 2 atom stereocenters. The number of nitrogens with one attached hydrogen (secondary N) is 2. The van der Waals surface area contributed by atoms with E-state index in [9.17, 15) is 4.79 Å². The number of carbonyl (C=O) groups excluding carboxylic acids is 1. The van der Waals surface area contributed by atoms with Crippen LogP contribution in [0.3, 0.4) is 0 Å². The van der Waals surface area contributed by atoms with Crippen molar-refractivity contribution in [3.05, 3.63) is 42.6 Å². The smallest absolute Gasteiger partial charge is 0.319 e. The van der Waals surface area contributed by atoms with Gasteiger partial charge in [0.15, 0.2) is 11.6 Å². The molecule has 0 radical (unpaired) electrons. The quantitative estimate of drug-likeness (QED) is 0.713. The minimum atomic E-state index is -0.213. The predicted molar refractivity (Wildman–Crippen MR) is 111 cm³/mol. The molecule has 8 heteroatoms. The molecule has 1 aromatic carbocycles. The maximum Gasteiger partial charge on any atom is 0.319 e. The van der Waals surface area contributed by atoms with Crippen LogP contribution in [0.25, 0.3) is 16.9 Å². The topological polar surface area (TPSA) is 83.8 Å². The number of anilines is 2. The molecule has 29 heavy (non-hydrogen) atoms. The van der Waals surface area contributed by atoms with Crippen molar-refractivity contribution >= 4 is 23.1 Å². The molecule has 0 aliphatic carbocycles. The summed E-state index contributed by atoms with van der Waals surface area (Å²) in [5.41, 5.74) is 2.64. The van der Waals surface area contributed by atoms with Gasteiger partial charge >= 0.3 is 6.03 Å². The second-order valence-electron chi connectivity index (χ2n) is 7.52. The number of hydrogen-bond donors (Lipinski definition) is 2. The molecule has 2 bridgehead atoms. The molecule has 8 nitrogen and oxygen atoms in total. The number of rotatable bonds is 4. The maximum absolute atomic E-state index is 11.7. The van der Waals surface area contributed by atoms with Gasteiger partial charge in [-0.3, -0.25) is 0 Å². The Morgan fingerprint density at radius 2 is 1.93 bits per heavy atom. The number of ether oxygens (including phenoxy) is 1. The van der Waals surface area contributed by atoms with Crippen molar-refractivity contribution in [2.75, 3.05) is 29.9 Å². The summed E-state index contributed by atoms with van der Waals surface area (Å²) in [7, 11) is 0. The predicted octanol–water partition coefficient (Wildman–Crippen LogP) is 2.91. The Morgan fingerprint density at radius 3 is 2.66 bits per heavy atom. The van der Waals surface area contributed by atoms with Crippen LogP contribution in [-0.4, -0.2) is 52.5 Å². The zero-order valence-electron chi connectivity index (χ0n) is 16.3. The average molecular weight is 392 g/mol. The SMILES string of the molecule is CCNC(=O)Nc1ccc(-c2nc(N3C[C@H]4CC[C@@H](C3)O4)c3cccn3n2)cc1. The van der Waals surface area contributed by atoms with Gasteiger partial charge < -0.3 is 20.3 Å². The first-order chi connectivity index (χ1) is 14.2. The molecule has 2 fully saturated rings. The third kappa shape index (κ3) is 3.51. The average Bonchev–Trinajstić information content (AvgIpc) is 3.33. The standard InChI is InChI=1S/C21H24N6O2/c1-2-22-21(28)23-15-7-5-14(6-8-15)19-24-20(18-4-3-11-27(18)25-19)26-12-16-9-10-17(13-26)29-16/h3-8,11,16-17H,2,9-10,12-13H2,1H3,(H2,22,23,28)/t16-,17+. The molecule has 0 saturated carbocycles. The van der Waals surface area contributed by atoms with Crippen LogP contribution in [0, 0.1) is 0 Å². The van der Waals surface area contributed by atoms with Gasteiger partial charge in [0.1, 0.15) is 5.52 Å². The molecular formula is C21H24N6O2. The first-order valence-corrected chi connectivity index (χ1v) is 10.1. The molecule has 3 aromatic rings. The Labute approximate surface area is 168 Å². The van der Waals surface area contributed by atoms with Gasteiger partial charge in [-0.2, -0.15) is 0 Å². The number of aromatic nitrogens is 3. The number of benzene rings is 1. The van der Waals surface area contributed by atoms with Crippen molar-refractivity contribution in [2.24, 2.45) is 0 Å². The summed E-state index contributed by atoms with van der Waals surface area (Å²) in [5.74, 6) is 1.61. The molecule has 5 rings (SSSR count). The molecule has 2 amide bonds. The zero-order valence-corrected chi connectivity index (χ0v) is 16.3. The Bertz CT molecular complexity index is 1020. The van der Waals surface area contributed by atoms with E-state index in [2.05, 4.69) is 26.7 Å².